The molecule has 0 fully saturated rings. The minimum Gasteiger partial charge on any atom is -0.497 e. The van der Waals surface area contributed by atoms with Gasteiger partial charge in [0.2, 0.25) is 0 Å². The molecular formula is C20H18ClNO2. The Kier molecular flexibility index (Phi) is 5.02. The van der Waals surface area contributed by atoms with Crippen molar-refractivity contribution in [3.05, 3.63) is 98.4 Å². The maximum Gasteiger partial charge on any atom is 0.251 e. The quantitative estimate of drug-likeness (QED) is 0.756. The predicted molar refractivity (Wildman–Crippen MR) is 97.1 cm³/mol. The number of hydrogen-bond donors (Lipinski definition) is 1. The molecule has 122 valence electrons. The van der Waals surface area contributed by atoms with Crippen LogP contribution < -0.4 is 10.3 Å². The Labute approximate surface area is 145 Å². The van der Waals surface area contributed by atoms with Crippen LogP contribution in [-0.4, -0.2) is 12.1 Å². The zero-order valence-electron chi connectivity index (χ0n) is 13.4. The molecule has 1 heterocycles. The first-order chi connectivity index (χ1) is 11.6. The summed E-state index contributed by atoms with van der Waals surface area (Å²) < 4.78 is 5.26. The van der Waals surface area contributed by atoms with Gasteiger partial charge in [-0.25, -0.2) is 0 Å². The molecule has 0 aliphatic heterocycles. The van der Waals surface area contributed by atoms with Crippen LogP contribution in [0.3, 0.4) is 0 Å². The number of rotatable bonds is 5. The third-order valence-electron chi connectivity index (χ3n) is 3.89. The molecule has 2 aromatic carbocycles. The molecule has 0 radical (unpaired) electrons. The van der Waals surface area contributed by atoms with Crippen LogP contribution in [0, 0.1) is 0 Å². The van der Waals surface area contributed by atoms with E-state index < -0.39 is 0 Å². The molecule has 1 aromatic heterocycles. The summed E-state index contributed by atoms with van der Waals surface area (Å²) in [6.45, 7) is 0. The second kappa shape index (κ2) is 7.37. The summed E-state index contributed by atoms with van der Waals surface area (Å²) in [6.07, 6.45) is 3.09. The third kappa shape index (κ3) is 4.06. The molecule has 0 saturated heterocycles. The largest absolute Gasteiger partial charge is 0.497 e. The van der Waals surface area contributed by atoms with E-state index in [1.165, 1.54) is 0 Å². The molecule has 0 atom stereocenters. The molecule has 0 bridgehead atoms. The van der Waals surface area contributed by atoms with Gasteiger partial charge in [-0.05, 0) is 53.4 Å². The number of benzene rings is 2. The third-order valence-corrected chi connectivity index (χ3v) is 4.14. The average Bonchev–Trinajstić information content (AvgIpc) is 2.60. The van der Waals surface area contributed by atoms with E-state index in [2.05, 4.69) is 4.98 Å². The lowest BCUT2D eigenvalue weighted by molar-refractivity contribution is 0.414. The normalized spacial score (nSPS) is 10.6. The number of H-pyrrole nitrogens is 1. The second-order valence-electron chi connectivity index (χ2n) is 5.69. The maximum absolute atomic E-state index is 12.1. The number of methoxy groups -OCH3 is 1. The number of aromatic nitrogens is 1. The second-order valence-corrected chi connectivity index (χ2v) is 6.13. The first kappa shape index (κ1) is 16.3. The van der Waals surface area contributed by atoms with Crippen molar-refractivity contribution in [1.29, 1.82) is 0 Å². The van der Waals surface area contributed by atoms with Crippen LogP contribution in [0.25, 0.3) is 0 Å². The Bertz CT molecular complexity index is 885. The van der Waals surface area contributed by atoms with Crippen LogP contribution in [-0.2, 0) is 12.8 Å². The minimum atomic E-state index is -0.0562. The summed E-state index contributed by atoms with van der Waals surface area (Å²) >= 11 is 5.91. The molecule has 0 spiro atoms. The molecule has 0 aliphatic carbocycles. The molecule has 4 heteroatoms. The Morgan fingerprint density at radius 2 is 1.75 bits per heavy atom. The van der Waals surface area contributed by atoms with Crippen molar-refractivity contribution in [3.63, 3.8) is 0 Å². The lowest BCUT2D eigenvalue weighted by Gasteiger charge is -2.07. The molecule has 1 N–H and O–H groups in total. The van der Waals surface area contributed by atoms with Crippen molar-refractivity contribution in [1.82, 2.24) is 4.98 Å². The van der Waals surface area contributed by atoms with Gasteiger partial charge in [0, 0.05) is 23.2 Å². The molecule has 3 rings (SSSR count). The molecular weight excluding hydrogens is 322 g/mol. The van der Waals surface area contributed by atoms with Crippen LogP contribution in [0.5, 0.6) is 5.75 Å². The fourth-order valence-corrected chi connectivity index (χ4v) is 2.78. The van der Waals surface area contributed by atoms with Gasteiger partial charge in [0.05, 0.1) is 7.11 Å². The molecule has 0 unspecified atom stereocenters. The van der Waals surface area contributed by atoms with Crippen LogP contribution >= 0.6 is 11.6 Å². The lowest BCUT2D eigenvalue weighted by atomic mass is 10.0. The van der Waals surface area contributed by atoms with E-state index in [9.17, 15) is 4.79 Å². The first-order valence-corrected chi connectivity index (χ1v) is 8.10. The van der Waals surface area contributed by atoms with Gasteiger partial charge in [-0.15, -0.1) is 0 Å². The van der Waals surface area contributed by atoms with Crippen molar-refractivity contribution in [2.75, 3.05) is 7.11 Å². The lowest BCUT2D eigenvalue weighted by Crippen LogP contribution is -2.13. The van der Waals surface area contributed by atoms with Crippen LogP contribution in [0.4, 0.5) is 0 Å². The zero-order valence-corrected chi connectivity index (χ0v) is 14.1. The summed E-state index contributed by atoms with van der Waals surface area (Å²) in [4.78, 5) is 14.9. The van der Waals surface area contributed by atoms with E-state index >= 15 is 0 Å². The van der Waals surface area contributed by atoms with Gasteiger partial charge in [-0.3, -0.25) is 4.79 Å². The van der Waals surface area contributed by atoms with E-state index in [4.69, 9.17) is 16.3 Å². The van der Waals surface area contributed by atoms with Crippen molar-refractivity contribution in [3.8, 4) is 5.75 Å². The Balaban J connectivity index is 1.82. The fraction of sp³-hybridized carbons (Fsp3) is 0.150. The number of halogens is 1. The molecule has 0 saturated carbocycles. The summed E-state index contributed by atoms with van der Waals surface area (Å²) in [5.74, 6) is 0.832. The number of pyridine rings is 1. The van der Waals surface area contributed by atoms with Crippen LogP contribution in [0.2, 0.25) is 5.02 Å². The van der Waals surface area contributed by atoms with Gasteiger partial charge in [0.15, 0.2) is 0 Å². The number of ether oxygens (including phenoxy) is 1. The molecule has 3 nitrogen and oxygen atoms in total. The monoisotopic (exact) mass is 339 g/mol. The molecule has 24 heavy (non-hydrogen) atoms. The SMILES string of the molecule is COc1cccc(Cc2c[nH]c(=O)c(Cc3ccc(Cl)cc3)c2)c1. The Hall–Kier alpha value is -2.52. The van der Waals surface area contributed by atoms with Gasteiger partial charge in [0.1, 0.15) is 5.75 Å². The molecule has 0 aliphatic rings. The predicted octanol–water partition coefficient (Wildman–Crippen LogP) is 4.22. The van der Waals surface area contributed by atoms with E-state index in [0.717, 1.165) is 34.4 Å². The topological polar surface area (TPSA) is 42.1 Å². The van der Waals surface area contributed by atoms with E-state index in [1.54, 1.807) is 13.3 Å². The van der Waals surface area contributed by atoms with E-state index in [0.29, 0.717) is 11.4 Å². The van der Waals surface area contributed by atoms with Gasteiger partial charge in [-0.2, -0.15) is 0 Å². The Morgan fingerprint density at radius 3 is 2.50 bits per heavy atom. The van der Waals surface area contributed by atoms with E-state index in [-0.39, 0.29) is 5.56 Å². The number of aromatic amines is 1. The number of hydrogen-bond acceptors (Lipinski definition) is 2. The fourth-order valence-electron chi connectivity index (χ4n) is 2.66. The highest BCUT2D eigenvalue weighted by Gasteiger charge is 2.05. The highest BCUT2D eigenvalue weighted by Crippen LogP contribution is 2.17. The highest BCUT2D eigenvalue weighted by atomic mass is 35.5. The summed E-state index contributed by atoms with van der Waals surface area (Å²) in [7, 11) is 1.66. The maximum atomic E-state index is 12.1. The minimum absolute atomic E-state index is 0.0562. The smallest absolute Gasteiger partial charge is 0.251 e. The van der Waals surface area contributed by atoms with Gasteiger partial charge in [0.25, 0.3) is 5.56 Å². The van der Waals surface area contributed by atoms with Gasteiger partial charge in [-0.1, -0.05) is 35.9 Å². The zero-order chi connectivity index (χ0) is 16.9. The number of nitrogens with one attached hydrogen (secondary N) is 1. The summed E-state index contributed by atoms with van der Waals surface area (Å²) in [5.41, 5.74) is 3.95. The van der Waals surface area contributed by atoms with Gasteiger partial charge >= 0.3 is 0 Å². The van der Waals surface area contributed by atoms with Crippen LogP contribution in [0.15, 0.2) is 65.6 Å². The summed E-state index contributed by atoms with van der Waals surface area (Å²) in [6, 6.07) is 17.5. The first-order valence-electron chi connectivity index (χ1n) is 7.72. The van der Waals surface area contributed by atoms with Crippen molar-refractivity contribution >= 4 is 11.6 Å². The molecule has 3 aromatic rings. The van der Waals surface area contributed by atoms with Crippen molar-refractivity contribution < 1.29 is 4.74 Å². The molecule has 0 amide bonds. The van der Waals surface area contributed by atoms with Crippen LogP contribution in [0.1, 0.15) is 22.3 Å². The average molecular weight is 340 g/mol. The highest BCUT2D eigenvalue weighted by molar-refractivity contribution is 6.30. The standard InChI is InChI=1S/C20H18ClNO2/c1-24-19-4-2-3-15(12-19)9-16-11-17(20(23)22-13-16)10-14-5-7-18(21)8-6-14/h2-8,11-13H,9-10H2,1H3,(H,22,23). The Morgan fingerprint density at radius 1 is 0.958 bits per heavy atom. The van der Waals surface area contributed by atoms with Crippen molar-refractivity contribution in [2.24, 2.45) is 0 Å². The van der Waals surface area contributed by atoms with Crippen molar-refractivity contribution in [2.45, 2.75) is 12.8 Å². The summed E-state index contributed by atoms with van der Waals surface area (Å²) in [5, 5.41) is 0.694. The van der Waals surface area contributed by atoms with E-state index in [1.807, 2.05) is 54.6 Å². The van der Waals surface area contributed by atoms with Gasteiger partial charge < -0.3 is 9.72 Å².